The van der Waals surface area contributed by atoms with Crippen molar-refractivity contribution in [3.63, 3.8) is 0 Å². The summed E-state index contributed by atoms with van der Waals surface area (Å²) in [4.78, 5) is 28.8. The van der Waals surface area contributed by atoms with Gasteiger partial charge in [-0.3, -0.25) is 9.59 Å². The maximum atomic E-state index is 13.2. The summed E-state index contributed by atoms with van der Waals surface area (Å²) in [5.74, 6) is -0.387. The van der Waals surface area contributed by atoms with Crippen LogP contribution in [0.4, 0.5) is 5.69 Å². The van der Waals surface area contributed by atoms with E-state index in [9.17, 15) is 9.59 Å². The van der Waals surface area contributed by atoms with Gasteiger partial charge in [0, 0.05) is 18.8 Å². The summed E-state index contributed by atoms with van der Waals surface area (Å²) in [7, 11) is 2.14. The number of amides is 2. The fourth-order valence-electron chi connectivity index (χ4n) is 3.88. The minimum absolute atomic E-state index is 0.169. The minimum Gasteiger partial charge on any atom is -0.336 e. The Morgan fingerprint density at radius 3 is 2.48 bits per heavy atom. The number of carbonyl (C=O) groups is 2. The van der Waals surface area contributed by atoms with Gasteiger partial charge in [0.2, 0.25) is 0 Å². The quantitative estimate of drug-likeness (QED) is 0.659. The van der Waals surface area contributed by atoms with Gasteiger partial charge in [0.15, 0.2) is 0 Å². The number of fused-ring (bicyclic) bond motifs is 1. The molecule has 0 bridgehead atoms. The fourth-order valence-corrected chi connectivity index (χ4v) is 5.16. The van der Waals surface area contributed by atoms with E-state index in [1.54, 1.807) is 6.07 Å². The first-order chi connectivity index (χ1) is 13.9. The van der Waals surface area contributed by atoms with Crippen LogP contribution in [0.5, 0.6) is 0 Å². The number of nitrogens with zero attached hydrogens (tertiary/aromatic N) is 1. The number of carbonyl (C=O) groups excluding carboxylic acids is 2. The molecule has 2 amide bonds. The molecule has 1 aromatic heterocycles. The van der Waals surface area contributed by atoms with Crippen LogP contribution in [0, 0.1) is 0 Å². The molecule has 2 aliphatic rings. The number of anilines is 1. The number of hydrogen-bond acceptors (Lipinski definition) is 4. The van der Waals surface area contributed by atoms with E-state index in [1.807, 2.05) is 24.3 Å². The number of thiophene rings is 1. The SMILES string of the molecule is CN1CCc2ccc(NC(=O)C3(NC(=O)c4ccc(Br)s4)CC=CC3)cc2CC1. The van der Waals surface area contributed by atoms with Crippen molar-refractivity contribution in [3.05, 3.63) is 62.3 Å². The average molecular weight is 474 g/mol. The zero-order valence-corrected chi connectivity index (χ0v) is 18.7. The van der Waals surface area contributed by atoms with Crippen LogP contribution in [0.1, 0.15) is 33.6 Å². The predicted molar refractivity (Wildman–Crippen MR) is 121 cm³/mol. The largest absolute Gasteiger partial charge is 0.336 e. The molecule has 7 heteroatoms. The number of halogens is 1. The van der Waals surface area contributed by atoms with Crippen molar-refractivity contribution in [2.24, 2.45) is 0 Å². The van der Waals surface area contributed by atoms with Crippen molar-refractivity contribution in [1.29, 1.82) is 0 Å². The van der Waals surface area contributed by atoms with Crippen LogP contribution in [0.2, 0.25) is 0 Å². The maximum absolute atomic E-state index is 13.2. The molecule has 2 heterocycles. The summed E-state index contributed by atoms with van der Waals surface area (Å²) in [6, 6.07) is 9.77. The van der Waals surface area contributed by atoms with Crippen molar-refractivity contribution in [3.8, 4) is 0 Å². The van der Waals surface area contributed by atoms with Crippen molar-refractivity contribution in [2.45, 2.75) is 31.2 Å². The van der Waals surface area contributed by atoms with E-state index >= 15 is 0 Å². The first-order valence-electron chi connectivity index (χ1n) is 9.80. The molecular weight excluding hydrogens is 450 g/mol. The first kappa shape index (κ1) is 20.3. The van der Waals surface area contributed by atoms with Crippen LogP contribution in [0.15, 0.2) is 46.3 Å². The lowest BCUT2D eigenvalue weighted by molar-refractivity contribution is -0.121. The molecule has 2 aromatic rings. The van der Waals surface area contributed by atoms with Gasteiger partial charge in [-0.25, -0.2) is 0 Å². The molecule has 4 rings (SSSR count). The maximum Gasteiger partial charge on any atom is 0.262 e. The smallest absolute Gasteiger partial charge is 0.262 e. The highest BCUT2D eigenvalue weighted by Gasteiger charge is 2.40. The van der Waals surface area contributed by atoms with E-state index in [0.717, 1.165) is 35.4 Å². The second-order valence-electron chi connectivity index (χ2n) is 7.76. The highest BCUT2D eigenvalue weighted by molar-refractivity contribution is 9.11. The van der Waals surface area contributed by atoms with Crippen LogP contribution >= 0.6 is 27.3 Å². The number of rotatable bonds is 4. The number of hydrogen-bond donors (Lipinski definition) is 2. The molecule has 1 aromatic carbocycles. The monoisotopic (exact) mass is 473 g/mol. The standard InChI is InChI=1S/C22H24BrN3O2S/c1-26-12-8-15-4-5-17(14-16(15)9-13-26)24-21(28)22(10-2-3-11-22)25-20(27)18-6-7-19(23)29-18/h2-7,14H,8-13H2,1H3,(H,24,28)(H,25,27). The molecule has 5 nitrogen and oxygen atoms in total. The molecule has 29 heavy (non-hydrogen) atoms. The van der Waals surface area contributed by atoms with Gasteiger partial charge in [0.25, 0.3) is 11.8 Å². The van der Waals surface area contributed by atoms with Crippen LogP contribution in [-0.2, 0) is 17.6 Å². The molecule has 1 aliphatic carbocycles. The highest BCUT2D eigenvalue weighted by atomic mass is 79.9. The van der Waals surface area contributed by atoms with Gasteiger partial charge >= 0.3 is 0 Å². The lowest BCUT2D eigenvalue weighted by Gasteiger charge is -2.29. The molecule has 152 valence electrons. The van der Waals surface area contributed by atoms with E-state index in [0.29, 0.717) is 17.7 Å². The predicted octanol–water partition coefficient (Wildman–Crippen LogP) is 4.00. The number of likely N-dealkylation sites (N-methyl/N-ethyl adjacent to an activating group) is 1. The summed E-state index contributed by atoms with van der Waals surface area (Å²) in [5, 5.41) is 6.04. The molecule has 1 aliphatic heterocycles. The number of benzene rings is 1. The van der Waals surface area contributed by atoms with Crippen molar-refractivity contribution < 1.29 is 9.59 Å². The highest BCUT2D eigenvalue weighted by Crippen LogP contribution is 2.29. The molecule has 0 saturated carbocycles. The van der Waals surface area contributed by atoms with Gasteiger partial charge in [-0.1, -0.05) is 18.2 Å². The molecular formula is C22H24BrN3O2S. The zero-order valence-electron chi connectivity index (χ0n) is 16.3. The van der Waals surface area contributed by atoms with E-state index in [4.69, 9.17) is 0 Å². The summed E-state index contributed by atoms with van der Waals surface area (Å²) >= 11 is 4.74. The lowest BCUT2D eigenvalue weighted by atomic mass is 9.94. The first-order valence-corrected chi connectivity index (χ1v) is 11.4. The normalized spacial score (nSPS) is 18.1. The van der Waals surface area contributed by atoms with Gasteiger partial charge in [-0.15, -0.1) is 11.3 Å². The van der Waals surface area contributed by atoms with Gasteiger partial charge in [0.05, 0.1) is 8.66 Å². The number of nitrogens with one attached hydrogen (secondary N) is 2. The summed E-state index contributed by atoms with van der Waals surface area (Å²) in [6.07, 6.45) is 6.90. The van der Waals surface area contributed by atoms with E-state index in [1.165, 1.54) is 22.5 Å². The summed E-state index contributed by atoms with van der Waals surface area (Å²) in [5.41, 5.74) is 2.48. The molecule has 0 saturated heterocycles. The molecule has 2 N–H and O–H groups in total. The van der Waals surface area contributed by atoms with Crippen LogP contribution in [0.25, 0.3) is 0 Å². The van der Waals surface area contributed by atoms with Crippen LogP contribution < -0.4 is 10.6 Å². The Morgan fingerprint density at radius 2 is 1.79 bits per heavy atom. The minimum atomic E-state index is -0.944. The summed E-state index contributed by atoms with van der Waals surface area (Å²) < 4.78 is 0.890. The summed E-state index contributed by atoms with van der Waals surface area (Å²) in [6.45, 7) is 2.07. The third-order valence-electron chi connectivity index (χ3n) is 5.67. The molecule has 0 radical (unpaired) electrons. The topological polar surface area (TPSA) is 61.4 Å². The van der Waals surface area contributed by atoms with Gasteiger partial charge in [-0.05, 0) is 84.1 Å². The molecule has 0 fully saturated rings. The Labute approximate surface area is 183 Å². The van der Waals surface area contributed by atoms with Crippen molar-refractivity contribution >= 4 is 44.8 Å². The zero-order chi connectivity index (χ0) is 20.4. The third kappa shape index (κ3) is 4.47. The van der Waals surface area contributed by atoms with Crippen LogP contribution in [-0.4, -0.2) is 42.4 Å². The van der Waals surface area contributed by atoms with E-state index in [-0.39, 0.29) is 11.8 Å². The van der Waals surface area contributed by atoms with Crippen molar-refractivity contribution in [2.75, 3.05) is 25.5 Å². The second-order valence-corrected chi connectivity index (χ2v) is 10.2. The van der Waals surface area contributed by atoms with Gasteiger partial charge in [0.1, 0.15) is 5.54 Å². The third-order valence-corrected chi connectivity index (χ3v) is 7.30. The Morgan fingerprint density at radius 1 is 1.07 bits per heavy atom. The Balaban J connectivity index is 1.50. The molecule has 0 spiro atoms. The Hall–Kier alpha value is -1.96. The van der Waals surface area contributed by atoms with Crippen LogP contribution in [0.3, 0.4) is 0 Å². The van der Waals surface area contributed by atoms with Gasteiger partial charge < -0.3 is 15.5 Å². The average Bonchev–Trinajstić information content (AvgIpc) is 3.31. The Bertz CT molecular complexity index is 961. The van der Waals surface area contributed by atoms with Gasteiger partial charge in [-0.2, -0.15) is 0 Å². The lowest BCUT2D eigenvalue weighted by Crippen LogP contribution is -2.55. The second kappa shape index (κ2) is 8.42. The Kier molecular flexibility index (Phi) is 5.90. The fraction of sp³-hybridized carbons (Fsp3) is 0.364. The van der Waals surface area contributed by atoms with E-state index < -0.39 is 5.54 Å². The molecule has 0 unspecified atom stereocenters. The van der Waals surface area contributed by atoms with E-state index in [2.05, 4.69) is 50.6 Å². The van der Waals surface area contributed by atoms with Crippen molar-refractivity contribution in [1.82, 2.24) is 10.2 Å². The molecule has 0 atom stereocenters.